The molecule has 0 heterocycles. The number of nitrogens with two attached hydrogens (primary N) is 1. The minimum absolute atomic E-state index is 0.194. The number of hydrogen-bond donors (Lipinski definition) is 2. The van der Waals surface area contributed by atoms with Crippen molar-refractivity contribution in [3.05, 3.63) is 28.8 Å². The van der Waals surface area contributed by atoms with E-state index >= 15 is 0 Å². The van der Waals surface area contributed by atoms with E-state index in [0.29, 0.717) is 16.3 Å². The molecule has 0 atom stereocenters. The number of anilines is 1. The number of hydrogen-bond acceptors (Lipinski definition) is 5. The van der Waals surface area contributed by atoms with Crippen LogP contribution in [0.2, 0.25) is 5.02 Å². The third-order valence-corrected chi connectivity index (χ3v) is 2.28. The largest absolute Gasteiger partial charge is 0.389 e. The van der Waals surface area contributed by atoms with Crippen molar-refractivity contribution in [3.63, 3.8) is 0 Å². The van der Waals surface area contributed by atoms with Gasteiger partial charge in [-0.3, -0.25) is 5.43 Å². The molecular formula is C10H6ClN5S. The number of rotatable bonds is 3. The molecule has 84 valence electrons. The van der Waals surface area contributed by atoms with E-state index in [9.17, 15) is 0 Å². The maximum Gasteiger partial charge on any atom is 0.237 e. The van der Waals surface area contributed by atoms with E-state index in [0.717, 1.165) is 0 Å². The second-order valence-electron chi connectivity index (χ2n) is 2.85. The maximum atomic E-state index is 8.47. The van der Waals surface area contributed by atoms with Gasteiger partial charge in [0.15, 0.2) is 0 Å². The molecule has 0 radical (unpaired) electrons. The van der Waals surface area contributed by atoms with Crippen molar-refractivity contribution >= 4 is 40.2 Å². The van der Waals surface area contributed by atoms with Crippen LogP contribution in [0.1, 0.15) is 5.56 Å². The van der Waals surface area contributed by atoms with Crippen LogP contribution in [0, 0.1) is 22.7 Å². The summed E-state index contributed by atoms with van der Waals surface area (Å²) in [7, 11) is 0. The number of benzene rings is 1. The Hall–Kier alpha value is -2.15. The summed E-state index contributed by atoms with van der Waals surface area (Å²) >= 11 is 10.7. The summed E-state index contributed by atoms with van der Waals surface area (Å²) in [5, 5.41) is 20.9. The monoisotopic (exact) mass is 263 g/mol. The fourth-order valence-corrected chi connectivity index (χ4v) is 1.50. The third-order valence-electron chi connectivity index (χ3n) is 1.74. The molecule has 3 N–H and O–H groups in total. The van der Waals surface area contributed by atoms with Crippen molar-refractivity contribution in [1.29, 1.82) is 10.5 Å². The molecular weight excluding hydrogens is 258 g/mol. The summed E-state index contributed by atoms with van der Waals surface area (Å²) in [6.45, 7) is 0. The summed E-state index contributed by atoms with van der Waals surface area (Å²) in [5.74, 6) is 0. The molecule has 0 fully saturated rings. The van der Waals surface area contributed by atoms with Gasteiger partial charge in [0.2, 0.25) is 5.71 Å². The van der Waals surface area contributed by atoms with Crippen LogP contribution in [0.15, 0.2) is 23.3 Å². The van der Waals surface area contributed by atoms with Crippen molar-refractivity contribution in [1.82, 2.24) is 0 Å². The number of nitrogens with zero attached hydrogens (tertiary/aromatic N) is 3. The van der Waals surface area contributed by atoms with Gasteiger partial charge in [-0.1, -0.05) is 23.8 Å². The van der Waals surface area contributed by atoms with E-state index in [4.69, 9.17) is 40.1 Å². The first kappa shape index (κ1) is 12.9. The van der Waals surface area contributed by atoms with Gasteiger partial charge in [0.05, 0.1) is 10.7 Å². The lowest BCUT2D eigenvalue weighted by molar-refractivity contribution is 1.34. The minimum Gasteiger partial charge on any atom is -0.389 e. The molecule has 0 aliphatic carbocycles. The van der Waals surface area contributed by atoms with Crippen LogP contribution in [-0.4, -0.2) is 10.7 Å². The molecule has 7 heteroatoms. The van der Waals surface area contributed by atoms with Gasteiger partial charge in [-0.05, 0) is 18.2 Å². The van der Waals surface area contributed by atoms with Crippen LogP contribution in [0.5, 0.6) is 0 Å². The highest BCUT2D eigenvalue weighted by atomic mass is 35.5. The predicted octanol–water partition coefficient (Wildman–Crippen LogP) is 1.79. The van der Waals surface area contributed by atoms with Gasteiger partial charge in [0, 0.05) is 5.56 Å². The van der Waals surface area contributed by atoms with E-state index in [1.165, 1.54) is 0 Å². The van der Waals surface area contributed by atoms with Gasteiger partial charge in [-0.2, -0.15) is 15.6 Å². The maximum absolute atomic E-state index is 8.47. The van der Waals surface area contributed by atoms with Crippen LogP contribution >= 0.6 is 23.8 Å². The van der Waals surface area contributed by atoms with Gasteiger partial charge < -0.3 is 5.73 Å². The first-order valence-corrected chi connectivity index (χ1v) is 5.10. The lowest BCUT2D eigenvalue weighted by Gasteiger charge is -2.04. The van der Waals surface area contributed by atoms with Gasteiger partial charge in [-0.25, -0.2) is 0 Å². The number of nitrogens with one attached hydrogen (secondary N) is 1. The average Bonchev–Trinajstić information content (AvgIpc) is 2.30. The Labute approximate surface area is 108 Å². The zero-order valence-corrected chi connectivity index (χ0v) is 10.0. The Morgan fingerprint density at radius 2 is 2.06 bits per heavy atom. The van der Waals surface area contributed by atoms with E-state index in [1.807, 2.05) is 0 Å². The fourth-order valence-electron chi connectivity index (χ4n) is 0.980. The molecule has 1 rings (SSSR count). The van der Waals surface area contributed by atoms with Gasteiger partial charge in [-0.15, -0.1) is 0 Å². The SMILES string of the molecule is N#CC(C#N)=NNc1ccc(C(N)=S)c(Cl)c1. The van der Waals surface area contributed by atoms with Crippen LogP contribution < -0.4 is 11.2 Å². The smallest absolute Gasteiger partial charge is 0.237 e. The molecule has 0 saturated carbocycles. The van der Waals surface area contributed by atoms with Crippen molar-refractivity contribution in [2.24, 2.45) is 10.8 Å². The molecule has 0 amide bonds. The number of nitriles is 2. The molecule has 5 nitrogen and oxygen atoms in total. The number of thiocarbonyl (C=S) groups is 1. The van der Waals surface area contributed by atoms with Crippen LogP contribution in [0.25, 0.3) is 0 Å². The Balaban J connectivity index is 2.94. The van der Waals surface area contributed by atoms with Crippen molar-refractivity contribution < 1.29 is 0 Å². The lowest BCUT2D eigenvalue weighted by atomic mass is 10.2. The average molecular weight is 264 g/mol. The van der Waals surface area contributed by atoms with Crippen molar-refractivity contribution in [2.45, 2.75) is 0 Å². The Morgan fingerprint density at radius 1 is 1.41 bits per heavy atom. The highest BCUT2D eigenvalue weighted by Gasteiger charge is 2.04. The second-order valence-corrected chi connectivity index (χ2v) is 3.70. The van der Waals surface area contributed by atoms with E-state index in [1.54, 1.807) is 30.3 Å². The third kappa shape index (κ3) is 3.42. The Kier molecular flexibility index (Phi) is 4.41. The standard InChI is InChI=1S/C10H6ClN5S/c11-9-3-6(1-2-8(9)10(14)17)15-16-7(4-12)5-13/h1-3,15H,(H2,14,17). The number of halogens is 1. The van der Waals surface area contributed by atoms with Gasteiger partial charge >= 0.3 is 0 Å². The van der Waals surface area contributed by atoms with Gasteiger partial charge in [0.25, 0.3) is 0 Å². The highest BCUT2D eigenvalue weighted by Crippen LogP contribution is 2.20. The Morgan fingerprint density at radius 3 is 2.53 bits per heavy atom. The highest BCUT2D eigenvalue weighted by molar-refractivity contribution is 7.80. The molecule has 1 aromatic rings. The van der Waals surface area contributed by atoms with E-state index < -0.39 is 0 Å². The molecule has 0 bridgehead atoms. The summed E-state index contributed by atoms with van der Waals surface area (Å²) in [6.07, 6.45) is 0. The zero-order valence-electron chi connectivity index (χ0n) is 8.44. The molecule has 0 aliphatic rings. The summed E-state index contributed by atoms with van der Waals surface area (Å²) in [4.78, 5) is 0.194. The summed E-state index contributed by atoms with van der Waals surface area (Å²) in [5.41, 5.74) is 8.77. The topological polar surface area (TPSA) is 98.0 Å². The Bertz CT molecular complexity index is 551. The zero-order chi connectivity index (χ0) is 12.8. The fraction of sp³-hybridized carbons (Fsp3) is 0. The lowest BCUT2D eigenvalue weighted by Crippen LogP contribution is -2.10. The predicted molar refractivity (Wildman–Crippen MR) is 69.6 cm³/mol. The normalized spacial score (nSPS) is 8.65. The molecule has 0 saturated heterocycles. The molecule has 0 unspecified atom stereocenters. The second kappa shape index (κ2) is 5.80. The number of hydrazone groups is 1. The van der Waals surface area contributed by atoms with Gasteiger partial charge in [0.1, 0.15) is 17.1 Å². The molecule has 0 spiro atoms. The molecule has 0 aliphatic heterocycles. The van der Waals surface area contributed by atoms with E-state index in [-0.39, 0.29) is 10.7 Å². The summed E-state index contributed by atoms with van der Waals surface area (Å²) in [6, 6.07) is 8.05. The molecule has 17 heavy (non-hydrogen) atoms. The first-order chi connectivity index (χ1) is 8.08. The van der Waals surface area contributed by atoms with Crippen molar-refractivity contribution in [3.8, 4) is 12.1 Å². The van der Waals surface area contributed by atoms with Crippen molar-refractivity contribution in [2.75, 3.05) is 5.43 Å². The van der Waals surface area contributed by atoms with Crippen LogP contribution in [0.3, 0.4) is 0 Å². The first-order valence-electron chi connectivity index (χ1n) is 4.31. The van der Waals surface area contributed by atoms with Crippen LogP contribution in [-0.2, 0) is 0 Å². The quantitative estimate of drug-likeness (QED) is 0.492. The van der Waals surface area contributed by atoms with Crippen LogP contribution in [0.4, 0.5) is 5.69 Å². The molecule has 0 aromatic heterocycles. The minimum atomic E-state index is -0.278. The molecule has 1 aromatic carbocycles. The summed E-state index contributed by atoms with van der Waals surface area (Å²) < 4.78 is 0. The van der Waals surface area contributed by atoms with E-state index in [2.05, 4.69) is 10.5 Å².